The molecule has 0 bridgehead atoms. The zero-order chi connectivity index (χ0) is 17.3. The number of hydrogen-bond acceptors (Lipinski definition) is 3. The van der Waals surface area contributed by atoms with Crippen LogP contribution < -0.4 is 4.72 Å². The minimum atomic E-state index is -4.65. The molecule has 0 heterocycles. The van der Waals surface area contributed by atoms with Crippen LogP contribution in [0.25, 0.3) is 0 Å². The monoisotopic (exact) mass is 338 g/mol. The fourth-order valence-corrected chi connectivity index (χ4v) is 3.03. The summed E-state index contributed by atoms with van der Waals surface area (Å²) in [5, 5.41) is 0. The van der Waals surface area contributed by atoms with Gasteiger partial charge in [0.2, 0.25) is 15.9 Å². The largest absolute Gasteiger partial charge is 0.416 e. The molecule has 0 aliphatic heterocycles. The molecule has 124 valence electrons. The van der Waals surface area contributed by atoms with Gasteiger partial charge in [0.05, 0.1) is 16.5 Å². The average Bonchev–Trinajstić information content (AvgIpc) is 2.35. The van der Waals surface area contributed by atoms with E-state index in [-0.39, 0.29) is 5.56 Å². The Labute approximate surface area is 127 Å². The lowest BCUT2D eigenvalue weighted by Crippen LogP contribution is -2.44. The summed E-state index contributed by atoms with van der Waals surface area (Å²) < 4.78 is 64.8. The summed E-state index contributed by atoms with van der Waals surface area (Å²) in [5.41, 5.74) is -1.11. The number of nitrogens with one attached hydrogen (secondary N) is 1. The van der Waals surface area contributed by atoms with Crippen LogP contribution in [-0.4, -0.2) is 39.4 Å². The maximum Gasteiger partial charge on any atom is 0.416 e. The highest BCUT2D eigenvalue weighted by Crippen LogP contribution is 2.33. The van der Waals surface area contributed by atoms with Crippen molar-refractivity contribution >= 4 is 15.9 Å². The molecule has 0 unspecified atom stereocenters. The second kappa shape index (κ2) is 6.25. The molecular weight excluding hydrogens is 321 g/mol. The lowest BCUT2D eigenvalue weighted by atomic mass is 10.1. The highest BCUT2D eigenvalue weighted by molar-refractivity contribution is 7.89. The van der Waals surface area contributed by atoms with Crippen LogP contribution in [0.15, 0.2) is 23.1 Å². The van der Waals surface area contributed by atoms with Gasteiger partial charge in [-0.25, -0.2) is 8.42 Å². The van der Waals surface area contributed by atoms with Gasteiger partial charge in [0.25, 0.3) is 0 Å². The molecule has 0 aromatic heterocycles. The van der Waals surface area contributed by atoms with Gasteiger partial charge in [-0.3, -0.25) is 4.79 Å². The highest BCUT2D eigenvalue weighted by Gasteiger charge is 2.34. The van der Waals surface area contributed by atoms with Crippen molar-refractivity contribution in [2.75, 3.05) is 14.1 Å². The topological polar surface area (TPSA) is 66.5 Å². The van der Waals surface area contributed by atoms with Crippen molar-refractivity contribution in [3.63, 3.8) is 0 Å². The van der Waals surface area contributed by atoms with Gasteiger partial charge in [-0.05, 0) is 31.5 Å². The second-order valence-electron chi connectivity index (χ2n) is 5.05. The van der Waals surface area contributed by atoms with E-state index in [9.17, 15) is 26.4 Å². The summed E-state index contributed by atoms with van der Waals surface area (Å²) >= 11 is 0. The molecule has 1 rings (SSSR count). The second-order valence-corrected chi connectivity index (χ2v) is 6.76. The predicted octanol–water partition coefficient (Wildman–Crippen LogP) is 1.77. The summed E-state index contributed by atoms with van der Waals surface area (Å²) in [6.45, 7) is 2.56. The number of alkyl halides is 3. The van der Waals surface area contributed by atoms with Gasteiger partial charge >= 0.3 is 6.18 Å². The Morgan fingerprint density at radius 2 is 1.82 bits per heavy atom. The number of rotatable bonds is 4. The van der Waals surface area contributed by atoms with E-state index in [0.717, 1.165) is 12.1 Å². The van der Waals surface area contributed by atoms with E-state index in [1.165, 1.54) is 32.8 Å². The van der Waals surface area contributed by atoms with Crippen molar-refractivity contribution in [2.45, 2.75) is 31.0 Å². The first-order valence-corrected chi connectivity index (χ1v) is 7.76. The maximum absolute atomic E-state index is 12.8. The van der Waals surface area contributed by atoms with Crippen molar-refractivity contribution in [1.29, 1.82) is 0 Å². The Morgan fingerprint density at radius 1 is 1.27 bits per heavy atom. The molecule has 1 amide bonds. The predicted molar refractivity (Wildman–Crippen MR) is 74.7 cm³/mol. The van der Waals surface area contributed by atoms with Gasteiger partial charge in [0.15, 0.2) is 0 Å². The third kappa shape index (κ3) is 4.20. The first-order valence-electron chi connectivity index (χ1n) is 6.27. The molecule has 9 heteroatoms. The number of nitrogens with zero attached hydrogens (tertiary/aromatic N) is 1. The number of halogens is 3. The van der Waals surface area contributed by atoms with E-state index in [0.29, 0.717) is 6.07 Å². The quantitative estimate of drug-likeness (QED) is 0.910. The zero-order valence-electron chi connectivity index (χ0n) is 12.5. The molecule has 0 saturated heterocycles. The molecule has 1 atom stereocenters. The molecule has 0 aliphatic rings. The van der Waals surface area contributed by atoms with Crippen molar-refractivity contribution < 1.29 is 26.4 Å². The van der Waals surface area contributed by atoms with E-state index in [1.54, 1.807) is 0 Å². The fraction of sp³-hybridized carbons (Fsp3) is 0.462. The van der Waals surface area contributed by atoms with E-state index < -0.39 is 38.6 Å². The zero-order valence-corrected chi connectivity index (χ0v) is 13.3. The van der Waals surface area contributed by atoms with Crippen LogP contribution in [0, 0.1) is 6.92 Å². The number of carbonyl (C=O) groups excluding carboxylic acids is 1. The number of carbonyl (C=O) groups is 1. The Kier molecular flexibility index (Phi) is 5.24. The minimum Gasteiger partial charge on any atom is -0.347 e. The van der Waals surface area contributed by atoms with Crippen LogP contribution in [0.2, 0.25) is 0 Å². The number of benzene rings is 1. The first kappa shape index (κ1) is 18.4. The smallest absolute Gasteiger partial charge is 0.347 e. The molecule has 22 heavy (non-hydrogen) atoms. The molecule has 0 fully saturated rings. The summed E-state index contributed by atoms with van der Waals surface area (Å²) in [4.78, 5) is 12.3. The van der Waals surface area contributed by atoms with Crippen molar-refractivity contribution in [3.05, 3.63) is 29.3 Å². The van der Waals surface area contributed by atoms with Crippen molar-refractivity contribution in [2.24, 2.45) is 0 Å². The Hall–Kier alpha value is -1.61. The molecule has 1 N–H and O–H groups in total. The molecule has 1 aromatic rings. The van der Waals surface area contributed by atoms with Crippen LogP contribution in [0.5, 0.6) is 0 Å². The minimum absolute atomic E-state index is 0.0798. The Morgan fingerprint density at radius 3 is 2.27 bits per heavy atom. The lowest BCUT2D eigenvalue weighted by Gasteiger charge is -2.18. The van der Waals surface area contributed by atoms with Crippen LogP contribution in [0.3, 0.4) is 0 Å². The van der Waals surface area contributed by atoms with Gasteiger partial charge in [-0.15, -0.1) is 0 Å². The molecule has 0 spiro atoms. The number of hydrogen-bond donors (Lipinski definition) is 1. The lowest BCUT2D eigenvalue weighted by molar-refractivity contribution is -0.138. The summed E-state index contributed by atoms with van der Waals surface area (Å²) in [6.07, 6.45) is -4.65. The van der Waals surface area contributed by atoms with Crippen molar-refractivity contribution in [1.82, 2.24) is 9.62 Å². The number of sulfonamides is 1. The highest BCUT2D eigenvalue weighted by atomic mass is 32.2. The summed E-state index contributed by atoms with van der Waals surface area (Å²) in [6, 6.07) is 1.62. The fourth-order valence-electron chi connectivity index (χ4n) is 1.81. The van der Waals surface area contributed by atoms with E-state index in [2.05, 4.69) is 4.72 Å². The van der Waals surface area contributed by atoms with Gasteiger partial charge in [-0.1, -0.05) is 6.07 Å². The molecule has 1 aromatic carbocycles. The van der Waals surface area contributed by atoms with Crippen LogP contribution in [-0.2, 0) is 21.0 Å². The molecule has 0 radical (unpaired) electrons. The number of aryl methyl sites for hydroxylation is 1. The van der Waals surface area contributed by atoms with E-state index in [1.807, 2.05) is 0 Å². The molecule has 5 nitrogen and oxygen atoms in total. The Balaban J connectivity index is 3.17. The SMILES string of the molecule is Cc1ccc(S(=O)(=O)N[C@@H](C)C(=O)N(C)C)cc1C(F)(F)F. The first-order chi connectivity index (χ1) is 9.86. The third-order valence-corrected chi connectivity index (χ3v) is 4.51. The summed E-state index contributed by atoms with van der Waals surface area (Å²) in [7, 11) is -1.34. The summed E-state index contributed by atoms with van der Waals surface area (Å²) in [5.74, 6) is -0.508. The van der Waals surface area contributed by atoms with E-state index in [4.69, 9.17) is 0 Å². The number of likely N-dealkylation sites (N-methyl/N-ethyl adjacent to an activating group) is 1. The van der Waals surface area contributed by atoms with Gasteiger partial charge in [-0.2, -0.15) is 17.9 Å². The third-order valence-electron chi connectivity index (χ3n) is 2.97. The average molecular weight is 338 g/mol. The van der Waals surface area contributed by atoms with Crippen LogP contribution in [0.1, 0.15) is 18.1 Å². The molecule has 0 aliphatic carbocycles. The van der Waals surface area contributed by atoms with Gasteiger partial charge < -0.3 is 4.90 Å². The Bertz CT molecular complexity index is 670. The van der Waals surface area contributed by atoms with E-state index >= 15 is 0 Å². The van der Waals surface area contributed by atoms with Crippen LogP contribution in [0.4, 0.5) is 13.2 Å². The van der Waals surface area contributed by atoms with Crippen molar-refractivity contribution in [3.8, 4) is 0 Å². The van der Waals surface area contributed by atoms with Gasteiger partial charge in [0, 0.05) is 14.1 Å². The molecule has 0 saturated carbocycles. The maximum atomic E-state index is 12.8. The molecular formula is C13H17F3N2O3S. The van der Waals surface area contributed by atoms with Gasteiger partial charge in [0.1, 0.15) is 0 Å². The van der Waals surface area contributed by atoms with Crippen LogP contribution >= 0.6 is 0 Å². The normalized spacial score (nSPS) is 13.8. The standard InChI is InChI=1S/C13H17F3N2O3S/c1-8-5-6-10(7-11(8)13(14,15)16)22(20,21)17-9(2)12(19)18(3)4/h5-7,9,17H,1-4H3/t9-/m0/s1. The number of amides is 1.